The van der Waals surface area contributed by atoms with Crippen LogP contribution in [0.2, 0.25) is 0 Å². The van der Waals surface area contributed by atoms with Gasteiger partial charge in [0.05, 0.1) is 0 Å². The van der Waals surface area contributed by atoms with Gasteiger partial charge in [-0.3, -0.25) is 0 Å². The van der Waals surface area contributed by atoms with Crippen LogP contribution < -0.4 is 5.32 Å². The zero-order chi connectivity index (χ0) is 8.10. The van der Waals surface area contributed by atoms with Crippen LogP contribution in [0.4, 0.5) is 0 Å². The minimum atomic E-state index is 0.769. The van der Waals surface area contributed by atoms with Gasteiger partial charge in [-0.2, -0.15) is 0 Å². The summed E-state index contributed by atoms with van der Waals surface area (Å²) in [5.74, 6) is 1.02. The summed E-state index contributed by atoms with van der Waals surface area (Å²) in [5.41, 5.74) is 0. The summed E-state index contributed by atoms with van der Waals surface area (Å²) in [5, 5.41) is 3.49. The fraction of sp³-hybridized carbons (Fsp3) is 1.00. The summed E-state index contributed by atoms with van der Waals surface area (Å²) in [7, 11) is 0. The fourth-order valence-electron chi connectivity index (χ4n) is 1.99. The molecule has 0 aromatic rings. The topological polar surface area (TPSA) is 12.0 Å². The van der Waals surface area contributed by atoms with E-state index in [2.05, 4.69) is 19.2 Å². The van der Waals surface area contributed by atoms with E-state index >= 15 is 0 Å². The van der Waals surface area contributed by atoms with Crippen molar-refractivity contribution in [1.82, 2.24) is 5.32 Å². The van der Waals surface area contributed by atoms with E-state index in [0.29, 0.717) is 0 Å². The standard InChI is InChI=1S/C10H21N/c1-3-4-5-10-6-7-11-9(2)8-10/h9-11H,3-8H2,1-2H3/t9-,10-/m1/s1. The first-order valence-electron chi connectivity index (χ1n) is 5.06. The van der Waals surface area contributed by atoms with Crippen LogP contribution in [0.25, 0.3) is 0 Å². The summed E-state index contributed by atoms with van der Waals surface area (Å²) in [6, 6.07) is 0.769. The molecular formula is C10H21N. The molecule has 1 fully saturated rings. The Hall–Kier alpha value is -0.0400. The van der Waals surface area contributed by atoms with Crippen LogP contribution in [-0.2, 0) is 0 Å². The highest BCUT2D eigenvalue weighted by Gasteiger charge is 2.16. The van der Waals surface area contributed by atoms with Gasteiger partial charge < -0.3 is 5.32 Å². The Bertz CT molecular complexity index is 101. The van der Waals surface area contributed by atoms with E-state index in [0.717, 1.165) is 12.0 Å². The molecule has 1 rings (SSSR count). The van der Waals surface area contributed by atoms with Crippen LogP contribution >= 0.6 is 0 Å². The van der Waals surface area contributed by atoms with Gasteiger partial charge in [0.25, 0.3) is 0 Å². The number of hydrogen-bond acceptors (Lipinski definition) is 1. The second kappa shape index (κ2) is 4.76. The van der Waals surface area contributed by atoms with E-state index in [1.54, 1.807) is 0 Å². The quantitative estimate of drug-likeness (QED) is 0.660. The molecule has 0 spiro atoms. The molecule has 0 amide bonds. The first-order valence-corrected chi connectivity index (χ1v) is 5.06. The maximum absolute atomic E-state index is 3.49. The van der Waals surface area contributed by atoms with E-state index in [-0.39, 0.29) is 0 Å². The van der Waals surface area contributed by atoms with Gasteiger partial charge in [-0.05, 0) is 32.2 Å². The van der Waals surface area contributed by atoms with Crippen LogP contribution in [0.3, 0.4) is 0 Å². The van der Waals surface area contributed by atoms with E-state index in [9.17, 15) is 0 Å². The highest BCUT2D eigenvalue weighted by Crippen LogP contribution is 2.21. The molecule has 1 heteroatoms. The number of unbranched alkanes of at least 4 members (excludes halogenated alkanes) is 1. The average Bonchev–Trinajstić information content (AvgIpc) is 2.01. The Morgan fingerprint density at radius 2 is 2.27 bits per heavy atom. The minimum absolute atomic E-state index is 0.769. The van der Waals surface area contributed by atoms with Gasteiger partial charge in [-0.1, -0.05) is 26.2 Å². The van der Waals surface area contributed by atoms with Gasteiger partial charge >= 0.3 is 0 Å². The maximum atomic E-state index is 3.49. The lowest BCUT2D eigenvalue weighted by Crippen LogP contribution is -2.35. The van der Waals surface area contributed by atoms with Gasteiger partial charge in [-0.15, -0.1) is 0 Å². The lowest BCUT2D eigenvalue weighted by Gasteiger charge is -2.27. The number of hydrogen-bond donors (Lipinski definition) is 1. The lowest BCUT2D eigenvalue weighted by molar-refractivity contribution is 0.295. The molecule has 0 radical (unpaired) electrons. The molecule has 0 aromatic carbocycles. The highest BCUT2D eigenvalue weighted by molar-refractivity contribution is 4.74. The van der Waals surface area contributed by atoms with Crippen molar-refractivity contribution < 1.29 is 0 Å². The van der Waals surface area contributed by atoms with Crippen LogP contribution in [0, 0.1) is 5.92 Å². The molecule has 1 N–H and O–H groups in total. The van der Waals surface area contributed by atoms with Crippen LogP contribution in [-0.4, -0.2) is 12.6 Å². The molecule has 1 heterocycles. The van der Waals surface area contributed by atoms with Crippen molar-refractivity contribution in [3.63, 3.8) is 0 Å². The fourth-order valence-corrected chi connectivity index (χ4v) is 1.99. The summed E-state index contributed by atoms with van der Waals surface area (Å²) >= 11 is 0. The molecule has 1 aliphatic heterocycles. The van der Waals surface area contributed by atoms with E-state index in [1.165, 1.54) is 38.6 Å². The lowest BCUT2D eigenvalue weighted by atomic mass is 9.89. The Balaban J connectivity index is 2.12. The summed E-state index contributed by atoms with van der Waals surface area (Å²) in [6.45, 7) is 5.83. The highest BCUT2D eigenvalue weighted by atomic mass is 14.9. The minimum Gasteiger partial charge on any atom is -0.314 e. The van der Waals surface area contributed by atoms with E-state index in [4.69, 9.17) is 0 Å². The molecule has 0 saturated carbocycles. The smallest absolute Gasteiger partial charge is 0.00413 e. The third-order valence-electron chi connectivity index (χ3n) is 2.70. The third kappa shape index (κ3) is 3.24. The van der Waals surface area contributed by atoms with Crippen molar-refractivity contribution in [3.8, 4) is 0 Å². The van der Waals surface area contributed by atoms with Crippen molar-refractivity contribution in [2.75, 3.05) is 6.54 Å². The van der Waals surface area contributed by atoms with E-state index in [1.807, 2.05) is 0 Å². The van der Waals surface area contributed by atoms with Crippen molar-refractivity contribution in [2.45, 2.75) is 52.0 Å². The molecular weight excluding hydrogens is 134 g/mol. The van der Waals surface area contributed by atoms with Crippen LogP contribution in [0.15, 0.2) is 0 Å². The SMILES string of the molecule is CCCC[C@@H]1CCN[C@H](C)C1. The molecule has 0 aliphatic carbocycles. The van der Waals surface area contributed by atoms with Gasteiger partial charge in [0.15, 0.2) is 0 Å². The normalized spacial score (nSPS) is 32.2. The molecule has 1 aliphatic rings. The molecule has 1 nitrogen and oxygen atoms in total. The second-order valence-electron chi connectivity index (χ2n) is 3.89. The van der Waals surface area contributed by atoms with Crippen molar-refractivity contribution in [1.29, 1.82) is 0 Å². The number of piperidine rings is 1. The van der Waals surface area contributed by atoms with Crippen molar-refractivity contribution in [2.24, 2.45) is 5.92 Å². The predicted molar refractivity (Wildman–Crippen MR) is 49.7 cm³/mol. The van der Waals surface area contributed by atoms with Gasteiger partial charge in [0.1, 0.15) is 0 Å². The molecule has 0 aromatic heterocycles. The first kappa shape index (κ1) is 9.05. The third-order valence-corrected chi connectivity index (χ3v) is 2.70. The molecule has 0 unspecified atom stereocenters. The molecule has 0 bridgehead atoms. The Labute approximate surface area is 70.6 Å². The van der Waals surface area contributed by atoms with Crippen molar-refractivity contribution >= 4 is 0 Å². The van der Waals surface area contributed by atoms with Crippen molar-refractivity contribution in [3.05, 3.63) is 0 Å². The zero-order valence-corrected chi connectivity index (χ0v) is 7.90. The first-order chi connectivity index (χ1) is 5.33. The van der Waals surface area contributed by atoms with Gasteiger partial charge in [0, 0.05) is 6.04 Å². The van der Waals surface area contributed by atoms with E-state index < -0.39 is 0 Å². The van der Waals surface area contributed by atoms with Crippen LogP contribution in [0.1, 0.15) is 46.0 Å². The zero-order valence-electron chi connectivity index (χ0n) is 7.90. The summed E-state index contributed by atoms with van der Waals surface area (Å²) < 4.78 is 0. The van der Waals surface area contributed by atoms with Gasteiger partial charge in [-0.25, -0.2) is 0 Å². The average molecular weight is 155 g/mol. The Kier molecular flexibility index (Phi) is 3.92. The largest absolute Gasteiger partial charge is 0.314 e. The monoisotopic (exact) mass is 155 g/mol. The maximum Gasteiger partial charge on any atom is 0.00413 e. The number of nitrogens with one attached hydrogen (secondary N) is 1. The summed E-state index contributed by atoms with van der Waals surface area (Å²) in [6.07, 6.45) is 7.06. The Morgan fingerprint density at radius 3 is 2.91 bits per heavy atom. The molecule has 2 atom stereocenters. The molecule has 1 saturated heterocycles. The predicted octanol–water partition coefficient (Wildman–Crippen LogP) is 2.56. The van der Waals surface area contributed by atoms with Gasteiger partial charge in [0.2, 0.25) is 0 Å². The number of rotatable bonds is 3. The Morgan fingerprint density at radius 1 is 1.45 bits per heavy atom. The molecule has 11 heavy (non-hydrogen) atoms. The second-order valence-corrected chi connectivity index (χ2v) is 3.89. The summed E-state index contributed by atoms with van der Waals surface area (Å²) in [4.78, 5) is 0. The van der Waals surface area contributed by atoms with Crippen LogP contribution in [0.5, 0.6) is 0 Å². The molecule has 66 valence electrons.